The standard InChI is InChI=1S/C18H28N4O2/c1-14(23)21-17-5-3-4-15(10-17)12-19-7-8-20-18(24)11-16-6-9-22(2)13-16/h3-5,10,16,19H,6-9,11-13H2,1-2H3,(H,20,24)(H,21,23). The van der Waals surface area contributed by atoms with Gasteiger partial charge in [-0.1, -0.05) is 12.1 Å². The molecule has 1 fully saturated rings. The number of nitrogens with one attached hydrogen (secondary N) is 3. The molecule has 2 rings (SSSR count). The summed E-state index contributed by atoms with van der Waals surface area (Å²) in [7, 11) is 2.10. The van der Waals surface area contributed by atoms with Crippen molar-refractivity contribution < 1.29 is 9.59 Å². The molecule has 3 N–H and O–H groups in total. The van der Waals surface area contributed by atoms with Crippen LogP contribution >= 0.6 is 0 Å². The molecule has 1 aliphatic rings. The van der Waals surface area contributed by atoms with Crippen molar-refractivity contribution in [1.82, 2.24) is 15.5 Å². The molecular formula is C18H28N4O2. The van der Waals surface area contributed by atoms with Crippen molar-refractivity contribution in [3.8, 4) is 0 Å². The van der Waals surface area contributed by atoms with Gasteiger partial charge in [-0.3, -0.25) is 9.59 Å². The fraction of sp³-hybridized carbons (Fsp3) is 0.556. The van der Waals surface area contributed by atoms with Gasteiger partial charge in [0.1, 0.15) is 0 Å². The Morgan fingerprint density at radius 1 is 1.29 bits per heavy atom. The van der Waals surface area contributed by atoms with Crippen LogP contribution in [0.2, 0.25) is 0 Å². The Hall–Kier alpha value is -1.92. The number of carbonyl (C=O) groups is 2. The van der Waals surface area contributed by atoms with E-state index in [-0.39, 0.29) is 11.8 Å². The third-order valence-electron chi connectivity index (χ3n) is 4.16. The topological polar surface area (TPSA) is 73.5 Å². The number of anilines is 1. The third kappa shape index (κ3) is 6.68. The molecule has 1 unspecified atom stereocenters. The average Bonchev–Trinajstić information content (AvgIpc) is 2.91. The van der Waals surface area contributed by atoms with Crippen LogP contribution in [0.15, 0.2) is 24.3 Å². The van der Waals surface area contributed by atoms with Crippen LogP contribution in [-0.2, 0) is 16.1 Å². The van der Waals surface area contributed by atoms with Crippen molar-refractivity contribution >= 4 is 17.5 Å². The predicted octanol–water partition coefficient (Wildman–Crippen LogP) is 1.19. The van der Waals surface area contributed by atoms with Crippen LogP contribution in [0, 0.1) is 5.92 Å². The first-order valence-electron chi connectivity index (χ1n) is 8.55. The maximum atomic E-state index is 11.9. The van der Waals surface area contributed by atoms with Crippen LogP contribution in [0.25, 0.3) is 0 Å². The first-order chi connectivity index (χ1) is 11.5. The molecule has 24 heavy (non-hydrogen) atoms. The van der Waals surface area contributed by atoms with E-state index in [0.29, 0.717) is 25.4 Å². The average molecular weight is 332 g/mol. The fourth-order valence-corrected chi connectivity index (χ4v) is 3.01. The van der Waals surface area contributed by atoms with Gasteiger partial charge < -0.3 is 20.9 Å². The van der Waals surface area contributed by atoms with Crippen molar-refractivity contribution in [2.24, 2.45) is 5.92 Å². The first-order valence-corrected chi connectivity index (χ1v) is 8.55. The van der Waals surface area contributed by atoms with Gasteiger partial charge in [0.25, 0.3) is 0 Å². The maximum absolute atomic E-state index is 11.9. The van der Waals surface area contributed by atoms with Gasteiger partial charge in [-0.2, -0.15) is 0 Å². The quantitative estimate of drug-likeness (QED) is 0.625. The molecule has 1 aromatic rings. The highest BCUT2D eigenvalue weighted by Crippen LogP contribution is 2.17. The van der Waals surface area contributed by atoms with E-state index in [4.69, 9.17) is 0 Å². The first kappa shape index (κ1) is 18.4. The Balaban J connectivity index is 1.59. The number of benzene rings is 1. The van der Waals surface area contributed by atoms with Gasteiger partial charge in [0.15, 0.2) is 0 Å². The molecule has 0 bridgehead atoms. The predicted molar refractivity (Wildman–Crippen MR) is 95.7 cm³/mol. The fourth-order valence-electron chi connectivity index (χ4n) is 3.01. The third-order valence-corrected chi connectivity index (χ3v) is 4.16. The number of hydrogen-bond acceptors (Lipinski definition) is 4. The monoisotopic (exact) mass is 332 g/mol. The molecule has 132 valence electrons. The van der Waals surface area contributed by atoms with Crippen LogP contribution in [0.4, 0.5) is 5.69 Å². The SMILES string of the molecule is CC(=O)Nc1cccc(CNCCNC(=O)CC2CCN(C)C2)c1. The Morgan fingerprint density at radius 2 is 2.12 bits per heavy atom. The molecular weight excluding hydrogens is 304 g/mol. The summed E-state index contributed by atoms with van der Waals surface area (Å²) in [6, 6.07) is 7.74. The number of amides is 2. The van der Waals surface area contributed by atoms with Crippen LogP contribution < -0.4 is 16.0 Å². The zero-order valence-electron chi connectivity index (χ0n) is 14.6. The van der Waals surface area contributed by atoms with Gasteiger partial charge in [-0.15, -0.1) is 0 Å². The van der Waals surface area contributed by atoms with E-state index in [2.05, 4.69) is 27.9 Å². The van der Waals surface area contributed by atoms with Crippen LogP contribution in [0.3, 0.4) is 0 Å². The van der Waals surface area contributed by atoms with E-state index in [9.17, 15) is 9.59 Å². The molecule has 0 aliphatic carbocycles. The minimum atomic E-state index is -0.0729. The van der Waals surface area contributed by atoms with Crippen molar-refractivity contribution in [3.05, 3.63) is 29.8 Å². The van der Waals surface area contributed by atoms with E-state index < -0.39 is 0 Å². The molecule has 0 saturated carbocycles. The molecule has 6 heteroatoms. The Labute approximate surface area is 144 Å². The lowest BCUT2D eigenvalue weighted by molar-refractivity contribution is -0.121. The normalized spacial score (nSPS) is 17.7. The summed E-state index contributed by atoms with van der Waals surface area (Å²) in [6.07, 6.45) is 1.75. The summed E-state index contributed by atoms with van der Waals surface area (Å²) in [6.45, 7) is 5.68. The molecule has 1 aromatic carbocycles. The van der Waals surface area contributed by atoms with Crippen molar-refractivity contribution in [2.45, 2.75) is 26.3 Å². The van der Waals surface area contributed by atoms with Crippen molar-refractivity contribution in [1.29, 1.82) is 0 Å². The summed E-state index contributed by atoms with van der Waals surface area (Å²) in [5.41, 5.74) is 1.90. The Bertz CT molecular complexity index is 562. The minimum Gasteiger partial charge on any atom is -0.355 e. The van der Waals surface area contributed by atoms with Gasteiger partial charge >= 0.3 is 0 Å². The zero-order valence-corrected chi connectivity index (χ0v) is 14.6. The summed E-state index contributed by atoms with van der Waals surface area (Å²) in [5.74, 6) is 0.570. The maximum Gasteiger partial charge on any atom is 0.221 e. The number of carbonyl (C=O) groups excluding carboxylic acids is 2. The molecule has 0 spiro atoms. The molecule has 1 heterocycles. The van der Waals surface area contributed by atoms with Gasteiger partial charge in [-0.25, -0.2) is 0 Å². The van der Waals surface area contributed by atoms with Crippen LogP contribution in [-0.4, -0.2) is 49.9 Å². The lowest BCUT2D eigenvalue weighted by Crippen LogP contribution is -2.32. The minimum absolute atomic E-state index is 0.0729. The number of hydrogen-bond donors (Lipinski definition) is 3. The van der Waals surface area contributed by atoms with Crippen LogP contribution in [0.1, 0.15) is 25.3 Å². The van der Waals surface area contributed by atoms with Gasteiger partial charge in [0, 0.05) is 45.2 Å². The molecule has 0 radical (unpaired) electrons. The number of likely N-dealkylation sites (tertiary alicyclic amines) is 1. The van der Waals surface area contributed by atoms with Gasteiger partial charge in [0.2, 0.25) is 11.8 Å². The second-order valence-corrected chi connectivity index (χ2v) is 6.53. The highest BCUT2D eigenvalue weighted by atomic mass is 16.2. The highest BCUT2D eigenvalue weighted by Gasteiger charge is 2.21. The van der Waals surface area contributed by atoms with E-state index in [1.807, 2.05) is 24.3 Å². The summed E-state index contributed by atoms with van der Waals surface area (Å²) in [5, 5.41) is 9.05. The van der Waals surface area contributed by atoms with E-state index in [1.54, 1.807) is 0 Å². The Kier molecular flexibility index (Phi) is 7.21. The molecule has 6 nitrogen and oxygen atoms in total. The second-order valence-electron chi connectivity index (χ2n) is 6.53. The highest BCUT2D eigenvalue weighted by molar-refractivity contribution is 5.88. The van der Waals surface area contributed by atoms with Crippen LogP contribution in [0.5, 0.6) is 0 Å². The molecule has 1 saturated heterocycles. The van der Waals surface area contributed by atoms with E-state index in [1.165, 1.54) is 6.92 Å². The zero-order chi connectivity index (χ0) is 17.4. The van der Waals surface area contributed by atoms with Crippen molar-refractivity contribution in [3.63, 3.8) is 0 Å². The van der Waals surface area contributed by atoms with E-state index >= 15 is 0 Å². The molecule has 0 aromatic heterocycles. The van der Waals surface area contributed by atoms with Gasteiger partial charge in [-0.05, 0) is 43.6 Å². The van der Waals surface area contributed by atoms with Gasteiger partial charge in [0.05, 0.1) is 0 Å². The lowest BCUT2D eigenvalue weighted by Gasteiger charge is -2.11. The van der Waals surface area contributed by atoms with Crippen molar-refractivity contribution in [2.75, 3.05) is 38.5 Å². The largest absolute Gasteiger partial charge is 0.355 e. The molecule has 1 atom stereocenters. The second kappa shape index (κ2) is 9.39. The molecule has 1 aliphatic heterocycles. The number of nitrogens with zero attached hydrogens (tertiary/aromatic N) is 1. The summed E-state index contributed by atoms with van der Waals surface area (Å²) < 4.78 is 0. The Morgan fingerprint density at radius 3 is 2.83 bits per heavy atom. The lowest BCUT2D eigenvalue weighted by atomic mass is 10.0. The summed E-state index contributed by atoms with van der Waals surface area (Å²) >= 11 is 0. The number of rotatable bonds is 8. The molecule has 2 amide bonds. The summed E-state index contributed by atoms with van der Waals surface area (Å²) in [4.78, 5) is 25.2. The van der Waals surface area contributed by atoms with E-state index in [0.717, 1.165) is 37.3 Å². The smallest absolute Gasteiger partial charge is 0.221 e.